The lowest BCUT2D eigenvalue weighted by Gasteiger charge is -2.22. The number of fused-ring (bicyclic) bond motifs is 1. The van der Waals surface area contributed by atoms with Crippen molar-refractivity contribution in [2.24, 2.45) is 0 Å². The van der Waals surface area contributed by atoms with Crippen molar-refractivity contribution in [2.45, 2.75) is 12.8 Å². The highest BCUT2D eigenvalue weighted by atomic mass is 16.5. The largest absolute Gasteiger partial charge is 0.497 e. The van der Waals surface area contributed by atoms with E-state index in [0.29, 0.717) is 38.2 Å². The SMILES string of the molecule is COc1ccc2[nH]cc(CC(=O)N3CCCN(C(=O)c4ccccc4)CC3)c2c1. The van der Waals surface area contributed by atoms with Crippen LogP contribution < -0.4 is 4.74 Å². The van der Waals surface area contributed by atoms with Crippen molar-refractivity contribution >= 4 is 22.7 Å². The number of carbonyl (C=O) groups is 2. The Hall–Kier alpha value is -3.28. The van der Waals surface area contributed by atoms with Gasteiger partial charge >= 0.3 is 0 Å². The molecule has 0 aliphatic carbocycles. The molecule has 6 heteroatoms. The van der Waals surface area contributed by atoms with Crippen LogP contribution in [0.1, 0.15) is 22.3 Å². The normalized spacial score (nSPS) is 14.7. The summed E-state index contributed by atoms with van der Waals surface area (Å²) in [6.07, 6.45) is 3.01. The van der Waals surface area contributed by atoms with Crippen LogP contribution >= 0.6 is 0 Å². The summed E-state index contributed by atoms with van der Waals surface area (Å²) in [5.41, 5.74) is 2.65. The van der Waals surface area contributed by atoms with Crippen molar-refractivity contribution in [3.05, 3.63) is 65.9 Å². The highest BCUT2D eigenvalue weighted by Crippen LogP contribution is 2.24. The fourth-order valence-corrected chi connectivity index (χ4v) is 3.84. The lowest BCUT2D eigenvalue weighted by Crippen LogP contribution is -2.37. The first-order valence-electron chi connectivity index (χ1n) is 9.92. The number of aromatic nitrogens is 1. The van der Waals surface area contributed by atoms with Crippen LogP contribution in [0.5, 0.6) is 5.75 Å². The molecule has 0 spiro atoms. The van der Waals surface area contributed by atoms with Gasteiger partial charge in [0.2, 0.25) is 5.91 Å². The first-order chi connectivity index (χ1) is 14.2. The molecule has 3 aromatic rings. The van der Waals surface area contributed by atoms with E-state index in [-0.39, 0.29) is 11.8 Å². The second kappa shape index (κ2) is 8.39. The Morgan fingerprint density at radius 3 is 2.55 bits per heavy atom. The van der Waals surface area contributed by atoms with Gasteiger partial charge in [0.15, 0.2) is 0 Å². The first kappa shape index (κ1) is 19.1. The fourth-order valence-electron chi connectivity index (χ4n) is 3.84. The van der Waals surface area contributed by atoms with Crippen molar-refractivity contribution in [1.29, 1.82) is 0 Å². The molecule has 2 aromatic carbocycles. The van der Waals surface area contributed by atoms with Gasteiger partial charge in [-0.25, -0.2) is 0 Å². The molecule has 0 atom stereocenters. The maximum atomic E-state index is 12.9. The number of methoxy groups -OCH3 is 1. The summed E-state index contributed by atoms with van der Waals surface area (Å²) in [6, 6.07) is 15.1. The van der Waals surface area contributed by atoms with Crippen LogP contribution in [0.4, 0.5) is 0 Å². The van der Waals surface area contributed by atoms with Crippen LogP contribution in [0, 0.1) is 0 Å². The molecule has 6 nitrogen and oxygen atoms in total. The van der Waals surface area contributed by atoms with E-state index in [2.05, 4.69) is 4.98 Å². The van der Waals surface area contributed by atoms with E-state index in [1.165, 1.54) is 0 Å². The Labute approximate surface area is 170 Å². The van der Waals surface area contributed by atoms with Gasteiger partial charge in [0.05, 0.1) is 13.5 Å². The molecule has 0 radical (unpaired) electrons. The molecule has 0 bridgehead atoms. The van der Waals surface area contributed by atoms with Crippen LogP contribution in [0.15, 0.2) is 54.7 Å². The Morgan fingerprint density at radius 1 is 1.00 bits per heavy atom. The molecular weight excluding hydrogens is 366 g/mol. The number of benzene rings is 2. The van der Waals surface area contributed by atoms with Crippen molar-refractivity contribution in [3.8, 4) is 5.75 Å². The van der Waals surface area contributed by atoms with E-state index < -0.39 is 0 Å². The summed E-state index contributed by atoms with van der Waals surface area (Å²) in [5, 5.41) is 1.01. The molecule has 2 amide bonds. The third-order valence-electron chi connectivity index (χ3n) is 5.47. The number of hydrogen-bond donors (Lipinski definition) is 1. The molecule has 0 unspecified atom stereocenters. The molecule has 1 aliphatic heterocycles. The third-order valence-corrected chi connectivity index (χ3v) is 5.47. The number of carbonyl (C=O) groups excluding carboxylic acids is 2. The van der Waals surface area contributed by atoms with Gasteiger partial charge in [-0.05, 0) is 42.3 Å². The van der Waals surface area contributed by atoms with Crippen molar-refractivity contribution in [3.63, 3.8) is 0 Å². The zero-order valence-corrected chi connectivity index (χ0v) is 16.6. The quantitative estimate of drug-likeness (QED) is 0.743. The Morgan fingerprint density at radius 2 is 1.76 bits per heavy atom. The minimum absolute atomic E-state index is 0.0311. The standard InChI is InChI=1S/C23H25N3O3/c1-29-19-8-9-21-20(15-19)18(16-24-21)14-22(27)25-10-5-11-26(13-12-25)23(28)17-6-3-2-4-7-17/h2-4,6-9,15-16,24H,5,10-14H2,1H3. The highest BCUT2D eigenvalue weighted by molar-refractivity contribution is 5.94. The van der Waals surface area contributed by atoms with Crippen molar-refractivity contribution < 1.29 is 14.3 Å². The van der Waals surface area contributed by atoms with Crippen LogP contribution in [0.25, 0.3) is 10.9 Å². The fraction of sp³-hybridized carbons (Fsp3) is 0.304. The summed E-state index contributed by atoms with van der Waals surface area (Å²) < 4.78 is 5.31. The summed E-state index contributed by atoms with van der Waals surface area (Å²) in [5.74, 6) is 0.891. The second-order valence-corrected chi connectivity index (χ2v) is 7.29. The van der Waals surface area contributed by atoms with E-state index in [9.17, 15) is 9.59 Å². The maximum Gasteiger partial charge on any atom is 0.253 e. The number of rotatable bonds is 4. The van der Waals surface area contributed by atoms with E-state index in [4.69, 9.17) is 4.74 Å². The lowest BCUT2D eigenvalue weighted by molar-refractivity contribution is -0.130. The van der Waals surface area contributed by atoms with E-state index in [1.54, 1.807) is 7.11 Å². The van der Waals surface area contributed by atoms with Crippen molar-refractivity contribution in [1.82, 2.24) is 14.8 Å². The zero-order valence-electron chi connectivity index (χ0n) is 16.6. The summed E-state index contributed by atoms with van der Waals surface area (Å²) in [7, 11) is 1.64. The number of amides is 2. The number of nitrogens with zero attached hydrogens (tertiary/aromatic N) is 2. The topological polar surface area (TPSA) is 65.6 Å². The van der Waals surface area contributed by atoms with E-state index in [1.807, 2.05) is 64.5 Å². The van der Waals surface area contributed by atoms with Crippen LogP contribution in [0.3, 0.4) is 0 Å². The van der Waals surface area contributed by atoms with Gasteiger partial charge in [-0.1, -0.05) is 18.2 Å². The molecular formula is C23H25N3O3. The number of aromatic amines is 1. The number of ether oxygens (including phenoxy) is 1. The van der Waals surface area contributed by atoms with Crippen molar-refractivity contribution in [2.75, 3.05) is 33.3 Å². The summed E-state index contributed by atoms with van der Waals surface area (Å²) in [4.78, 5) is 32.6. The van der Waals surface area contributed by atoms with Gasteiger partial charge in [0.25, 0.3) is 5.91 Å². The predicted molar refractivity (Wildman–Crippen MR) is 112 cm³/mol. The van der Waals surface area contributed by atoms with E-state index in [0.717, 1.165) is 28.6 Å². The summed E-state index contributed by atoms with van der Waals surface area (Å²) >= 11 is 0. The minimum atomic E-state index is 0.0311. The van der Waals surface area contributed by atoms with E-state index >= 15 is 0 Å². The van der Waals surface area contributed by atoms with Gasteiger partial charge in [-0.15, -0.1) is 0 Å². The third kappa shape index (κ3) is 4.11. The Balaban J connectivity index is 1.42. The molecule has 1 aromatic heterocycles. The van der Waals surface area contributed by atoms with Crippen LogP contribution in [-0.4, -0.2) is 59.9 Å². The Bertz CT molecular complexity index is 1010. The Kier molecular flexibility index (Phi) is 5.51. The monoisotopic (exact) mass is 391 g/mol. The van der Waals surface area contributed by atoms with Gasteiger partial charge in [0.1, 0.15) is 5.75 Å². The molecule has 29 heavy (non-hydrogen) atoms. The molecule has 2 heterocycles. The highest BCUT2D eigenvalue weighted by Gasteiger charge is 2.23. The lowest BCUT2D eigenvalue weighted by atomic mass is 10.1. The maximum absolute atomic E-state index is 12.9. The summed E-state index contributed by atoms with van der Waals surface area (Å²) in [6.45, 7) is 2.45. The second-order valence-electron chi connectivity index (χ2n) is 7.29. The smallest absolute Gasteiger partial charge is 0.253 e. The van der Waals surface area contributed by atoms with Gasteiger partial charge in [-0.2, -0.15) is 0 Å². The average Bonchev–Trinajstić information content (AvgIpc) is 2.99. The number of hydrogen-bond acceptors (Lipinski definition) is 3. The molecule has 150 valence electrons. The minimum Gasteiger partial charge on any atom is -0.497 e. The molecule has 1 N–H and O–H groups in total. The van der Waals surface area contributed by atoms with Gasteiger partial charge < -0.3 is 19.5 Å². The molecule has 4 rings (SSSR count). The number of nitrogens with one attached hydrogen (secondary N) is 1. The molecule has 0 saturated carbocycles. The van der Waals surface area contributed by atoms with Gasteiger partial charge in [0, 0.05) is 48.8 Å². The van der Waals surface area contributed by atoms with Gasteiger partial charge in [-0.3, -0.25) is 9.59 Å². The average molecular weight is 391 g/mol. The molecule has 1 fully saturated rings. The number of H-pyrrole nitrogens is 1. The molecule has 1 saturated heterocycles. The predicted octanol–water partition coefficient (Wildman–Crippen LogP) is 3.09. The van der Waals surface area contributed by atoms with Crippen LogP contribution in [-0.2, 0) is 11.2 Å². The first-order valence-corrected chi connectivity index (χ1v) is 9.92. The molecule has 1 aliphatic rings. The van der Waals surface area contributed by atoms with Crippen LogP contribution in [0.2, 0.25) is 0 Å². The zero-order chi connectivity index (χ0) is 20.2.